The van der Waals surface area contributed by atoms with E-state index < -0.39 is 11.5 Å². The van der Waals surface area contributed by atoms with Gasteiger partial charge in [-0.3, -0.25) is 0 Å². The molecule has 0 aliphatic heterocycles. The molecule has 0 aliphatic rings. The molecule has 0 fully saturated rings. The maximum absolute atomic E-state index is 9.59. The molecular formula is C4H8ClNO4. The molecule has 0 aromatic heterocycles. The topological polar surface area (TPSA) is 89.6 Å². The Balaban J connectivity index is 0. The Kier molecular flexibility index (Phi) is 9.46. The summed E-state index contributed by atoms with van der Waals surface area (Å²) in [6.07, 6.45) is -1.33. The van der Waals surface area contributed by atoms with Gasteiger partial charge in [-0.15, -0.1) is 0 Å². The van der Waals surface area contributed by atoms with Gasteiger partial charge in [0.25, 0.3) is 0 Å². The van der Waals surface area contributed by atoms with E-state index >= 15 is 0 Å². The zero-order valence-corrected chi connectivity index (χ0v) is 6.09. The minimum atomic E-state index is -1.33. The molecule has 0 saturated carbocycles. The molecule has 0 unspecified atom stereocenters. The number of hydrogen-bond acceptors (Lipinski definition) is 3. The second-order valence-corrected chi connectivity index (χ2v) is 1.32. The first-order chi connectivity index (χ1) is 4.50. The van der Waals surface area contributed by atoms with Gasteiger partial charge in [-0.25, -0.2) is 9.59 Å². The van der Waals surface area contributed by atoms with Crippen LogP contribution in [-0.4, -0.2) is 23.2 Å². The Morgan fingerprint density at radius 2 is 2.00 bits per heavy atom. The minimum absolute atomic E-state index is 0.350. The Labute approximate surface area is 62.7 Å². The largest absolute Gasteiger partial charge is 0.465 e. The first kappa shape index (κ1) is 11.8. The molecule has 0 aliphatic carbocycles. The zero-order chi connectivity index (χ0) is 8.57. The fourth-order valence-corrected chi connectivity index (χ4v) is 0.223. The lowest BCUT2D eigenvalue weighted by Crippen LogP contribution is -2.03. The number of carbonyl (C=O) groups excluding carboxylic acids is 1. The number of carbonyl (C=O) groups is 2. The Bertz CT molecular complexity index is 112. The third-order valence-electron chi connectivity index (χ3n) is 0.258. The Hall–Kier alpha value is -0.970. The SMILES string of the molecule is CCOC(=O)Cl.NC(=O)O. The van der Waals surface area contributed by atoms with Gasteiger partial charge >= 0.3 is 11.5 Å². The molecule has 5 nitrogen and oxygen atoms in total. The lowest BCUT2D eigenvalue weighted by atomic mass is 10.9. The third-order valence-corrected chi connectivity index (χ3v) is 0.367. The summed E-state index contributed by atoms with van der Waals surface area (Å²) in [4.78, 5) is 18.4. The van der Waals surface area contributed by atoms with E-state index in [9.17, 15) is 4.79 Å². The number of nitrogens with two attached hydrogens (primary N) is 1. The van der Waals surface area contributed by atoms with Crippen LogP contribution >= 0.6 is 11.6 Å². The summed E-state index contributed by atoms with van der Waals surface area (Å²) in [6, 6.07) is 0. The molecule has 0 spiro atoms. The smallest absolute Gasteiger partial charge is 0.403 e. The van der Waals surface area contributed by atoms with E-state index in [0.717, 1.165) is 0 Å². The molecule has 0 aromatic carbocycles. The van der Waals surface area contributed by atoms with Crippen molar-refractivity contribution in [3.8, 4) is 0 Å². The van der Waals surface area contributed by atoms with E-state index in [2.05, 4.69) is 10.5 Å². The van der Waals surface area contributed by atoms with E-state index in [1.54, 1.807) is 6.92 Å². The molecule has 0 saturated heterocycles. The monoisotopic (exact) mass is 169 g/mol. The summed E-state index contributed by atoms with van der Waals surface area (Å²) < 4.78 is 4.17. The summed E-state index contributed by atoms with van der Waals surface area (Å²) in [5, 5.41) is 7.19. The molecule has 0 heterocycles. The molecule has 0 radical (unpaired) electrons. The predicted octanol–water partition coefficient (Wildman–Crippen LogP) is 1.00. The highest BCUT2D eigenvalue weighted by Crippen LogP contribution is 1.82. The van der Waals surface area contributed by atoms with Gasteiger partial charge in [-0.2, -0.15) is 0 Å². The molecule has 6 heteroatoms. The van der Waals surface area contributed by atoms with Gasteiger partial charge < -0.3 is 15.6 Å². The van der Waals surface area contributed by atoms with Crippen molar-refractivity contribution in [2.45, 2.75) is 6.92 Å². The number of amides is 1. The summed E-state index contributed by atoms with van der Waals surface area (Å²) in [5.41, 5.74) is 3.29. The van der Waals surface area contributed by atoms with Gasteiger partial charge in [-0.05, 0) is 6.92 Å². The highest BCUT2D eigenvalue weighted by Gasteiger charge is 1.86. The number of primary amides is 1. The molecule has 3 N–H and O–H groups in total. The molecule has 0 atom stereocenters. The fourth-order valence-electron chi connectivity index (χ4n) is 0.113. The van der Waals surface area contributed by atoms with E-state index in [1.165, 1.54) is 0 Å². The molecule has 0 bridgehead atoms. The van der Waals surface area contributed by atoms with Crippen molar-refractivity contribution in [1.29, 1.82) is 0 Å². The van der Waals surface area contributed by atoms with Crippen LogP contribution < -0.4 is 5.73 Å². The number of hydrogen-bond donors (Lipinski definition) is 2. The summed E-state index contributed by atoms with van der Waals surface area (Å²) in [7, 11) is 0. The predicted molar refractivity (Wildman–Crippen MR) is 35.1 cm³/mol. The van der Waals surface area contributed by atoms with Crippen molar-refractivity contribution >= 4 is 23.1 Å². The van der Waals surface area contributed by atoms with Crippen LogP contribution in [0.15, 0.2) is 0 Å². The van der Waals surface area contributed by atoms with Gasteiger partial charge in [0.15, 0.2) is 0 Å². The molecule has 10 heavy (non-hydrogen) atoms. The average Bonchev–Trinajstić information content (AvgIpc) is 1.62. The highest BCUT2D eigenvalue weighted by molar-refractivity contribution is 6.61. The highest BCUT2D eigenvalue weighted by atomic mass is 35.5. The van der Waals surface area contributed by atoms with Crippen molar-refractivity contribution in [2.24, 2.45) is 5.73 Å². The van der Waals surface area contributed by atoms with Gasteiger partial charge in [0.2, 0.25) is 0 Å². The van der Waals surface area contributed by atoms with Crippen LogP contribution in [0.25, 0.3) is 0 Å². The number of carboxylic acid groups (broad SMARTS) is 1. The maximum Gasteiger partial charge on any atom is 0.403 e. The van der Waals surface area contributed by atoms with E-state index in [1.807, 2.05) is 0 Å². The van der Waals surface area contributed by atoms with Crippen LogP contribution in [0.5, 0.6) is 0 Å². The first-order valence-corrected chi connectivity index (χ1v) is 2.69. The standard InChI is InChI=1S/C3H5ClO2.CH3NO2/c1-2-6-3(4)5;2-1(3)4/h2H2,1H3;2H2,(H,3,4). The quantitative estimate of drug-likeness (QED) is 0.573. The minimum Gasteiger partial charge on any atom is -0.465 e. The average molecular weight is 170 g/mol. The summed E-state index contributed by atoms with van der Waals surface area (Å²) >= 11 is 4.72. The Morgan fingerprint density at radius 1 is 1.70 bits per heavy atom. The van der Waals surface area contributed by atoms with Crippen LogP contribution in [0.4, 0.5) is 9.59 Å². The molecular weight excluding hydrogens is 162 g/mol. The lowest BCUT2D eigenvalue weighted by Gasteiger charge is -1.86. The summed E-state index contributed by atoms with van der Waals surface area (Å²) in [5.74, 6) is 0. The van der Waals surface area contributed by atoms with E-state index in [4.69, 9.17) is 21.5 Å². The van der Waals surface area contributed by atoms with Crippen molar-refractivity contribution in [3.05, 3.63) is 0 Å². The number of rotatable bonds is 1. The van der Waals surface area contributed by atoms with Gasteiger partial charge in [0, 0.05) is 11.6 Å². The Morgan fingerprint density at radius 3 is 2.00 bits per heavy atom. The van der Waals surface area contributed by atoms with E-state index in [0.29, 0.717) is 6.61 Å². The number of halogens is 1. The van der Waals surface area contributed by atoms with Gasteiger partial charge in [0.05, 0.1) is 6.61 Å². The second-order valence-electron chi connectivity index (χ2n) is 1.01. The van der Waals surface area contributed by atoms with Crippen LogP contribution in [0, 0.1) is 0 Å². The lowest BCUT2D eigenvalue weighted by molar-refractivity contribution is 0.180. The van der Waals surface area contributed by atoms with Gasteiger partial charge in [-0.1, -0.05) is 0 Å². The molecule has 60 valence electrons. The molecule has 1 amide bonds. The zero-order valence-electron chi connectivity index (χ0n) is 5.33. The van der Waals surface area contributed by atoms with Crippen molar-refractivity contribution < 1.29 is 19.4 Å². The molecule has 0 rings (SSSR count). The number of ether oxygens (including phenoxy) is 1. The van der Waals surface area contributed by atoms with Crippen LogP contribution in [0.2, 0.25) is 0 Å². The van der Waals surface area contributed by atoms with Crippen LogP contribution in [0.3, 0.4) is 0 Å². The van der Waals surface area contributed by atoms with Crippen molar-refractivity contribution in [2.75, 3.05) is 6.61 Å². The van der Waals surface area contributed by atoms with E-state index in [-0.39, 0.29) is 0 Å². The normalized spacial score (nSPS) is 7.00. The maximum atomic E-state index is 9.59. The summed E-state index contributed by atoms with van der Waals surface area (Å²) in [6.45, 7) is 2.04. The van der Waals surface area contributed by atoms with Crippen LogP contribution in [-0.2, 0) is 4.74 Å². The first-order valence-electron chi connectivity index (χ1n) is 2.31. The third kappa shape index (κ3) is 62.0. The second kappa shape index (κ2) is 8.03. The molecule has 0 aromatic rings. The van der Waals surface area contributed by atoms with Crippen molar-refractivity contribution in [1.82, 2.24) is 0 Å². The van der Waals surface area contributed by atoms with Crippen LogP contribution in [0.1, 0.15) is 6.92 Å². The van der Waals surface area contributed by atoms with Crippen molar-refractivity contribution in [3.63, 3.8) is 0 Å². The van der Waals surface area contributed by atoms with Gasteiger partial charge in [0.1, 0.15) is 0 Å². The fraction of sp³-hybridized carbons (Fsp3) is 0.500.